The fourth-order valence-electron chi connectivity index (χ4n) is 2.58. The number of aryl methyl sites for hydroxylation is 2. The van der Waals surface area contributed by atoms with Crippen molar-refractivity contribution >= 4 is 23.2 Å². The summed E-state index contributed by atoms with van der Waals surface area (Å²) in [6, 6.07) is 10.9. The number of methoxy groups -OCH3 is 2. The molecular weight excluding hydrogens is 332 g/mol. The summed E-state index contributed by atoms with van der Waals surface area (Å²) in [5.74, 6) is 0.494. The van der Waals surface area contributed by atoms with Crippen LogP contribution < -0.4 is 19.7 Å². The third-order valence-corrected chi connectivity index (χ3v) is 4.03. The lowest BCUT2D eigenvalue weighted by Crippen LogP contribution is -2.37. The molecule has 0 aliphatic rings. The normalized spacial score (nSPS) is 10.2. The van der Waals surface area contributed by atoms with Gasteiger partial charge in [0.2, 0.25) is 11.8 Å². The van der Waals surface area contributed by atoms with Gasteiger partial charge in [-0.05, 0) is 43.2 Å². The van der Waals surface area contributed by atoms with Gasteiger partial charge < -0.3 is 14.8 Å². The Bertz CT molecular complexity index is 817. The highest BCUT2D eigenvalue weighted by atomic mass is 16.5. The molecular formula is C20H24N2O4. The van der Waals surface area contributed by atoms with Crippen LogP contribution in [-0.2, 0) is 9.59 Å². The Morgan fingerprint density at radius 2 is 1.77 bits per heavy atom. The number of hydrogen-bond acceptors (Lipinski definition) is 4. The molecule has 0 heterocycles. The summed E-state index contributed by atoms with van der Waals surface area (Å²) in [7, 11) is 3.05. The summed E-state index contributed by atoms with van der Waals surface area (Å²) in [5, 5.41) is 2.87. The molecule has 0 saturated carbocycles. The topological polar surface area (TPSA) is 67.9 Å². The second-order valence-corrected chi connectivity index (χ2v) is 6.01. The summed E-state index contributed by atoms with van der Waals surface area (Å²) in [4.78, 5) is 26.1. The molecule has 0 aliphatic heterocycles. The van der Waals surface area contributed by atoms with E-state index in [2.05, 4.69) is 5.32 Å². The molecule has 2 aromatic rings. The summed E-state index contributed by atoms with van der Waals surface area (Å²) < 4.78 is 10.5. The first-order chi connectivity index (χ1) is 12.3. The number of nitrogens with one attached hydrogen (secondary N) is 1. The van der Waals surface area contributed by atoms with E-state index in [0.29, 0.717) is 17.2 Å². The minimum absolute atomic E-state index is 0.133. The van der Waals surface area contributed by atoms with Gasteiger partial charge in [0.25, 0.3) is 0 Å². The van der Waals surface area contributed by atoms with E-state index >= 15 is 0 Å². The summed E-state index contributed by atoms with van der Waals surface area (Å²) in [5.41, 5.74) is 3.22. The van der Waals surface area contributed by atoms with Crippen LogP contribution in [0.15, 0.2) is 36.4 Å². The predicted octanol–water partition coefficient (Wildman–Crippen LogP) is 3.31. The first-order valence-corrected chi connectivity index (χ1v) is 8.23. The van der Waals surface area contributed by atoms with Crippen LogP contribution >= 0.6 is 0 Å². The summed E-state index contributed by atoms with van der Waals surface area (Å²) in [6.07, 6.45) is 0. The molecule has 0 aliphatic carbocycles. The van der Waals surface area contributed by atoms with E-state index in [4.69, 9.17) is 9.47 Å². The number of ether oxygens (including phenoxy) is 2. The Kier molecular flexibility index (Phi) is 6.22. The second-order valence-electron chi connectivity index (χ2n) is 6.01. The third kappa shape index (κ3) is 4.53. The van der Waals surface area contributed by atoms with E-state index in [1.165, 1.54) is 26.0 Å². The van der Waals surface area contributed by atoms with Crippen molar-refractivity contribution in [1.82, 2.24) is 0 Å². The molecule has 6 heteroatoms. The number of rotatable bonds is 6. The number of carbonyl (C=O) groups excluding carboxylic acids is 2. The monoisotopic (exact) mass is 356 g/mol. The number of nitrogens with zero attached hydrogens (tertiary/aromatic N) is 1. The van der Waals surface area contributed by atoms with Gasteiger partial charge in [0.05, 0.1) is 19.9 Å². The van der Waals surface area contributed by atoms with Gasteiger partial charge >= 0.3 is 0 Å². The first kappa shape index (κ1) is 19.3. The standard InChI is InChI=1S/C20H24N2O4/c1-13-6-7-14(2)17(10-13)21-20(24)12-22(15(3)23)18-11-16(25-4)8-9-19(18)26-5/h6-11H,12H2,1-5H3,(H,21,24). The van der Waals surface area contributed by atoms with Crippen LogP contribution in [0.4, 0.5) is 11.4 Å². The average molecular weight is 356 g/mol. The number of hydrogen-bond donors (Lipinski definition) is 1. The minimum Gasteiger partial charge on any atom is -0.497 e. The molecule has 2 amide bonds. The van der Waals surface area contributed by atoms with Crippen molar-refractivity contribution < 1.29 is 19.1 Å². The molecule has 0 atom stereocenters. The van der Waals surface area contributed by atoms with Gasteiger partial charge in [-0.2, -0.15) is 0 Å². The molecule has 1 N–H and O–H groups in total. The maximum absolute atomic E-state index is 12.5. The van der Waals surface area contributed by atoms with Gasteiger partial charge in [-0.25, -0.2) is 0 Å². The largest absolute Gasteiger partial charge is 0.497 e. The van der Waals surface area contributed by atoms with Crippen LogP contribution in [0.5, 0.6) is 11.5 Å². The highest BCUT2D eigenvalue weighted by molar-refractivity contribution is 6.03. The van der Waals surface area contributed by atoms with E-state index in [-0.39, 0.29) is 18.4 Å². The van der Waals surface area contributed by atoms with Gasteiger partial charge in [-0.15, -0.1) is 0 Å². The van der Waals surface area contributed by atoms with Crippen LogP contribution in [0.25, 0.3) is 0 Å². The smallest absolute Gasteiger partial charge is 0.244 e. The molecule has 0 unspecified atom stereocenters. The van der Waals surface area contributed by atoms with Crippen molar-refractivity contribution in [2.45, 2.75) is 20.8 Å². The molecule has 0 spiro atoms. The van der Waals surface area contributed by atoms with Crippen molar-refractivity contribution in [3.05, 3.63) is 47.5 Å². The Morgan fingerprint density at radius 3 is 2.38 bits per heavy atom. The highest BCUT2D eigenvalue weighted by Gasteiger charge is 2.20. The Morgan fingerprint density at radius 1 is 1.04 bits per heavy atom. The third-order valence-electron chi connectivity index (χ3n) is 4.03. The fraction of sp³-hybridized carbons (Fsp3) is 0.300. The van der Waals surface area contributed by atoms with E-state index in [0.717, 1.165) is 16.8 Å². The molecule has 0 bridgehead atoms. The maximum atomic E-state index is 12.5. The Hall–Kier alpha value is -3.02. The molecule has 0 aromatic heterocycles. The van der Waals surface area contributed by atoms with Crippen LogP contribution in [0.3, 0.4) is 0 Å². The number of benzene rings is 2. The van der Waals surface area contributed by atoms with Gasteiger partial charge in [0, 0.05) is 18.7 Å². The van der Waals surface area contributed by atoms with Crippen LogP contribution in [-0.4, -0.2) is 32.6 Å². The summed E-state index contributed by atoms with van der Waals surface area (Å²) >= 11 is 0. The highest BCUT2D eigenvalue weighted by Crippen LogP contribution is 2.32. The van der Waals surface area contributed by atoms with Crippen LogP contribution in [0.2, 0.25) is 0 Å². The SMILES string of the molecule is COc1ccc(OC)c(N(CC(=O)Nc2cc(C)ccc2C)C(C)=O)c1. The number of amides is 2. The number of carbonyl (C=O) groups is 2. The lowest BCUT2D eigenvalue weighted by Gasteiger charge is -2.23. The van der Waals surface area contributed by atoms with E-state index in [9.17, 15) is 9.59 Å². The number of anilines is 2. The van der Waals surface area contributed by atoms with Crippen LogP contribution in [0, 0.1) is 13.8 Å². The molecule has 6 nitrogen and oxygen atoms in total. The molecule has 0 saturated heterocycles. The fourth-order valence-corrected chi connectivity index (χ4v) is 2.58. The summed E-state index contributed by atoms with van der Waals surface area (Å²) in [6.45, 7) is 5.15. The quantitative estimate of drug-likeness (QED) is 0.862. The van der Waals surface area contributed by atoms with E-state index in [1.54, 1.807) is 18.2 Å². The lowest BCUT2D eigenvalue weighted by molar-refractivity contribution is -0.120. The average Bonchev–Trinajstić information content (AvgIpc) is 2.62. The van der Waals surface area contributed by atoms with Crippen molar-refractivity contribution in [3.8, 4) is 11.5 Å². The zero-order valence-corrected chi connectivity index (χ0v) is 15.8. The zero-order chi connectivity index (χ0) is 19.3. The van der Waals surface area contributed by atoms with Crippen molar-refractivity contribution in [1.29, 1.82) is 0 Å². The zero-order valence-electron chi connectivity index (χ0n) is 15.8. The van der Waals surface area contributed by atoms with Crippen molar-refractivity contribution in [2.75, 3.05) is 31.0 Å². The van der Waals surface area contributed by atoms with Gasteiger partial charge in [0.1, 0.15) is 18.0 Å². The molecule has 0 fully saturated rings. The predicted molar refractivity (Wildman–Crippen MR) is 102 cm³/mol. The van der Waals surface area contributed by atoms with Crippen molar-refractivity contribution in [2.24, 2.45) is 0 Å². The maximum Gasteiger partial charge on any atom is 0.244 e. The van der Waals surface area contributed by atoms with Crippen molar-refractivity contribution in [3.63, 3.8) is 0 Å². The van der Waals surface area contributed by atoms with E-state index < -0.39 is 0 Å². The molecule has 2 rings (SSSR count). The van der Waals surface area contributed by atoms with Gasteiger partial charge in [0.15, 0.2) is 0 Å². The minimum atomic E-state index is -0.293. The van der Waals surface area contributed by atoms with Gasteiger partial charge in [-0.3, -0.25) is 14.5 Å². The second kappa shape index (κ2) is 8.38. The molecule has 138 valence electrons. The first-order valence-electron chi connectivity index (χ1n) is 8.23. The Balaban J connectivity index is 2.27. The Labute approximate surface area is 153 Å². The van der Waals surface area contributed by atoms with E-state index in [1.807, 2.05) is 32.0 Å². The lowest BCUT2D eigenvalue weighted by atomic mass is 10.1. The molecule has 26 heavy (non-hydrogen) atoms. The molecule has 0 radical (unpaired) electrons. The van der Waals surface area contributed by atoms with Gasteiger partial charge in [-0.1, -0.05) is 12.1 Å². The van der Waals surface area contributed by atoms with Crippen LogP contribution in [0.1, 0.15) is 18.1 Å². The molecule has 2 aromatic carbocycles.